The summed E-state index contributed by atoms with van der Waals surface area (Å²) in [5, 5.41) is 16.6. The van der Waals surface area contributed by atoms with E-state index in [9.17, 15) is 13.2 Å². The molecule has 1 atom stereocenters. The van der Waals surface area contributed by atoms with Crippen LogP contribution in [-0.4, -0.2) is 40.6 Å². The zero-order chi connectivity index (χ0) is 9.28. The Kier molecular flexibility index (Phi) is 2.56. The number of carboxylic acids is 1. The predicted molar refractivity (Wildman–Crippen MR) is 33.2 cm³/mol. The molecule has 0 amide bonds. The van der Waals surface area contributed by atoms with Crippen molar-refractivity contribution in [1.82, 2.24) is 0 Å². The Morgan fingerprint density at radius 3 is 2.00 bits per heavy atom. The van der Waals surface area contributed by atoms with E-state index in [2.05, 4.69) is 5.73 Å². The van der Waals surface area contributed by atoms with Crippen LogP contribution in [0.1, 0.15) is 0 Å². The van der Waals surface area contributed by atoms with Crippen LogP contribution in [0.3, 0.4) is 0 Å². The molecular formula is C3H7NO6S. The molecule has 0 heterocycles. The normalized spacial score (nSPS) is 17.4. The molecule has 0 aliphatic heterocycles. The summed E-state index contributed by atoms with van der Waals surface area (Å²) in [4.78, 5) is 9.95. The molecule has 5 N–H and O–H groups in total. The molecule has 0 aliphatic rings. The molecule has 11 heavy (non-hydrogen) atoms. The van der Waals surface area contributed by atoms with Gasteiger partial charge in [0.1, 0.15) is 5.75 Å². The van der Waals surface area contributed by atoms with E-state index in [1.54, 1.807) is 0 Å². The Hall–Kier alpha value is -0.700. The molecule has 0 saturated heterocycles. The summed E-state index contributed by atoms with van der Waals surface area (Å²) in [7, 11) is -4.58. The Balaban J connectivity index is 4.51. The van der Waals surface area contributed by atoms with E-state index in [1.807, 2.05) is 0 Å². The van der Waals surface area contributed by atoms with Crippen LogP contribution >= 0.6 is 0 Å². The third-order valence-electron chi connectivity index (χ3n) is 0.773. The quantitative estimate of drug-likeness (QED) is 0.284. The molecule has 0 saturated carbocycles. The van der Waals surface area contributed by atoms with Crippen molar-refractivity contribution in [1.29, 1.82) is 0 Å². The van der Waals surface area contributed by atoms with Crippen molar-refractivity contribution in [2.45, 2.75) is 5.72 Å². The van der Waals surface area contributed by atoms with Gasteiger partial charge in [-0.15, -0.1) is 0 Å². The second-order valence-corrected chi connectivity index (χ2v) is 3.41. The van der Waals surface area contributed by atoms with E-state index < -0.39 is 27.6 Å². The molecule has 0 unspecified atom stereocenters. The van der Waals surface area contributed by atoms with Crippen LogP contribution in [0.15, 0.2) is 0 Å². The van der Waals surface area contributed by atoms with Crippen molar-refractivity contribution < 1.29 is 28.0 Å². The van der Waals surface area contributed by atoms with E-state index in [-0.39, 0.29) is 0 Å². The lowest BCUT2D eigenvalue weighted by Crippen LogP contribution is -2.53. The molecule has 0 fully saturated rings. The summed E-state index contributed by atoms with van der Waals surface area (Å²) in [5.41, 5.74) is 1.63. The van der Waals surface area contributed by atoms with Crippen molar-refractivity contribution in [3.63, 3.8) is 0 Å². The summed E-state index contributed by atoms with van der Waals surface area (Å²) >= 11 is 0. The van der Waals surface area contributed by atoms with Crippen molar-refractivity contribution in [3.8, 4) is 0 Å². The highest BCUT2D eigenvalue weighted by Gasteiger charge is 2.35. The summed E-state index contributed by atoms with van der Waals surface area (Å²) in [5.74, 6) is -3.36. The number of carbonyl (C=O) groups is 1. The lowest BCUT2D eigenvalue weighted by molar-refractivity contribution is -0.155. The summed E-state index contributed by atoms with van der Waals surface area (Å²) in [6, 6.07) is 0. The average Bonchev–Trinajstić information content (AvgIpc) is 1.56. The number of carboxylic acid groups (broad SMARTS) is 1. The van der Waals surface area contributed by atoms with Crippen LogP contribution in [0, 0.1) is 0 Å². The maximum Gasteiger partial charge on any atom is 0.352 e. The Bertz CT molecular complexity index is 253. The van der Waals surface area contributed by atoms with Gasteiger partial charge in [-0.1, -0.05) is 0 Å². The number of aliphatic carboxylic acids is 1. The first-order valence-electron chi connectivity index (χ1n) is 2.35. The smallest absolute Gasteiger partial charge is 0.352 e. The van der Waals surface area contributed by atoms with Gasteiger partial charge in [-0.25, -0.2) is 4.79 Å². The van der Waals surface area contributed by atoms with Gasteiger partial charge in [-0.05, 0) is 0 Å². The zero-order valence-electron chi connectivity index (χ0n) is 5.26. The van der Waals surface area contributed by atoms with Gasteiger partial charge in [0.2, 0.25) is 5.72 Å². The van der Waals surface area contributed by atoms with Crippen molar-refractivity contribution >= 4 is 16.1 Å². The molecule has 0 spiro atoms. The minimum Gasteiger partial charge on any atom is -0.478 e. The highest BCUT2D eigenvalue weighted by atomic mass is 32.2. The van der Waals surface area contributed by atoms with Crippen molar-refractivity contribution in [3.05, 3.63) is 0 Å². The summed E-state index contributed by atoms with van der Waals surface area (Å²) in [6.07, 6.45) is 0. The molecule has 7 nitrogen and oxygen atoms in total. The fourth-order valence-corrected chi connectivity index (χ4v) is 1.02. The van der Waals surface area contributed by atoms with Gasteiger partial charge in [0.25, 0.3) is 10.1 Å². The second kappa shape index (κ2) is 2.74. The van der Waals surface area contributed by atoms with Crippen LogP contribution in [0.25, 0.3) is 0 Å². The predicted octanol–water partition coefficient (Wildman–Crippen LogP) is -2.39. The molecule has 0 aliphatic carbocycles. The van der Waals surface area contributed by atoms with Crippen LogP contribution in [0.5, 0.6) is 0 Å². The lowest BCUT2D eigenvalue weighted by Gasteiger charge is -2.14. The molecule has 66 valence electrons. The third kappa shape index (κ3) is 3.88. The van der Waals surface area contributed by atoms with Crippen molar-refractivity contribution in [2.24, 2.45) is 5.73 Å². The SMILES string of the molecule is N[C@@](O)(CS(=O)(=O)O)C(=O)O. The van der Waals surface area contributed by atoms with Gasteiger partial charge >= 0.3 is 5.97 Å². The van der Waals surface area contributed by atoms with Crippen LogP contribution in [0.2, 0.25) is 0 Å². The van der Waals surface area contributed by atoms with E-state index in [1.165, 1.54) is 0 Å². The first kappa shape index (κ1) is 10.3. The Labute approximate surface area is 62.2 Å². The fourth-order valence-electron chi connectivity index (χ4n) is 0.340. The maximum atomic E-state index is 10.0. The van der Waals surface area contributed by atoms with Gasteiger partial charge < -0.3 is 10.2 Å². The number of nitrogens with two attached hydrogens (primary N) is 1. The molecule has 0 radical (unpaired) electrons. The number of aliphatic hydroxyl groups is 1. The highest BCUT2D eigenvalue weighted by Crippen LogP contribution is 1.99. The van der Waals surface area contributed by atoms with E-state index in [4.69, 9.17) is 14.8 Å². The zero-order valence-corrected chi connectivity index (χ0v) is 6.08. The molecule has 8 heteroatoms. The number of hydrogen-bond acceptors (Lipinski definition) is 5. The highest BCUT2D eigenvalue weighted by molar-refractivity contribution is 7.85. The van der Waals surface area contributed by atoms with E-state index in [0.717, 1.165) is 0 Å². The second-order valence-electron chi connectivity index (χ2n) is 1.96. The van der Waals surface area contributed by atoms with Crippen molar-refractivity contribution in [2.75, 3.05) is 5.75 Å². The molecule has 0 rings (SSSR count). The average molecular weight is 185 g/mol. The third-order valence-corrected chi connectivity index (χ3v) is 1.58. The number of rotatable bonds is 3. The molecule has 0 aromatic rings. The lowest BCUT2D eigenvalue weighted by atomic mass is 10.3. The van der Waals surface area contributed by atoms with Gasteiger partial charge in [-0.2, -0.15) is 8.42 Å². The fraction of sp³-hybridized carbons (Fsp3) is 0.667. The van der Waals surface area contributed by atoms with Crippen LogP contribution in [-0.2, 0) is 14.9 Å². The monoisotopic (exact) mass is 185 g/mol. The first-order valence-corrected chi connectivity index (χ1v) is 3.96. The van der Waals surface area contributed by atoms with Crippen LogP contribution < -0.4 is 5.73 Å². The summed E-state index contributed by atoms with van der Waals surface area (Å²) in [6.45, 7) is 0. The molecule has 0 aromatic heterocycles. The van der Waals surface area contributed by atoms with Gasteiger partial charge in [-0.3, -0.25) is 10.3 Å². The molecule has 0 aromatic carbocycles. The standard InChI is InChI=1S/C3H7NO6S/c4-3(7,2(5)6)1-11(8,9)10/h7H,1,4H2,(H,5,6)(H,8,9,10)/t3-/m1/s1. The molecular weight excluding hydrogens is 178 g/mol. The number of hydrogen-bond donors (Lipinski definition) is 4. The van der Waals surface area contributed by atoms with E-state index >= 15 is 0 Å². The van der Waals surface area contributed by atoms with Crippen LogP contribution in [0.4, 0.5) is 0 Å². The summed E-state index contributed by atoms with van der Waals surface area (Å²) < 4.78 is 28.1. The minimum absolute atomic E-state index is 1.44. The first-order chi connectivity index (χ1) is 4.65. The minimum atomic E-state index is -4.58. The largest absolute Gasteiger partial charge is 0.478 e. The van der Waals surface area contributed by atoms with Gasteiger partial charge in [0.05, 0.1) is 0 Å². The maximum absolute atomic E-state index is 10.0. The Morgan fingerprint density at radius 2 is 1.91 bits per heavy atom. The van der Waals surface area contributed by atoms with Gasteiger partial charge in [0.15, 0.2) is 0 Å². The topological polar surface area (TPSA) is 138 Å². The Morgan fingerprint density at radius 1 is 1.55 bits per heavy atom. The van der Waals surface area contributed by atoms with Gasteiger partial charge in [0, 0.05) is 0 Å². The molecule has 0 bridgehead atoms. The van der Waals surface area contributed by atoms with E-state index in [0.29, 0.717) is 0 Å².